The first-order chi connectivity index (χ1) is 8.72. The zero-order valence-corrected chi connectivity index (χ0v) is 10.6. The Morgan fingerprint density at radius 1 is 1.50 bits per heavy atom. The van der Waals surface area contributed by atoms with E-state index >= 15 is 0 Å². The van der Waals surface area contributed by atoms with Crippen molar-refractivity contribution in [2.45, 2.75) is 13.0 Å². The maximum atomic E-state index is 12.0. The number of ether oxygens (including phenoxy) is 1. The standard InChI is InChI=1S/C13H19N3O2/c1-2-15-13(17)12-9-18-8-7-16(12)11-5-3-10(14)4-6-11/h3-6,12H,2,7-9,14H2,1H3,(H,15,17). The van der Waals surface area contributed by atoms with Crippen LogP contribution in [0.4, 0.5) is 11.4 Å². The molecule has 0 aromatic heterocycles. The summed E-state index contributed by atoms with van der Waals surface area (Å²) in [5.74, 6) is 0.00836. The zero-order valence-electron chi connectivity index (χ0n) is 10.6. The number of hydrogen-bond donors (Lipinski definition) is 2. The first kappa shape index (κ1) is 12.7. The lowest BCUT2D eigenvalue weighted by atomic mass is 10.1. The minimum atomic E-state index is -0.262. The maximum absolute atomic E-state index is 12.0. The minimum Gasteiger partial charge on any atom is -0.399 e. The highest BCUT2D eigenvalue weighted by atomic mass is 16.5. The highest BCUT2D eigenvalue weighted by Crippen LogP contribution is 2.21. The smallest absolute Gasteiger partial charge is 0.245 e. The van der Waals surface area contributed by atoms with E-state index in [0.717, 1.165) is 11.4 Å². The molecule has 0 saturated carbocycles. The number of morpholine rings is 1. The summed E-state index contributed by atoms with van der Waals surface area (Å²) in [5.41, 5.74) is 7.40. The second kappa shape index (κ2) is 5.73. The van der Waals surface area contributed by atoms with Crippen LogP contribution in [-0.4, -0.2) is 38.3 Å². The highest BCUT2D eigenvalue weighted by Gasteiger charge is 2.29. The Kier molecular flexibility index (Phi) is 4.04. The molecule has 18 heavy (non-hydrogen) atoms. The fourth-order valence-corrected chi connectivity index (χ4v) is 2.09. The molecule has 3 N–H and O–H groups in total. The van der Waals surface area contributed by atoms with Gasteiger partial charge in [0.2, 0.25) is 5.91 Å². The molecule has 1 aromatic carbocycles. The van der Waals surface area contributed by atoms with E-state index in [2.05, 4.69) is 10.2 Å². The molecule has 98 valence electrons. The topological polar surface area (TPSA) is 67.6 Å². The summed E-state index contributed by atoms with van der Waals surface area (Å²) in [6, 6.07) is 7.31. The molecular weight excluding hydrogens is 230 g/mol. The summed E-state index contributed by atoms with van der Waals surface area (Å²) in [7, 11) is 0. The number of nitrogens with two attached hydrogens (primary N) is 1. The van der Waals surface area contributed by atoms with Gasteiger partial charge < -0.3 is 20.7 Å². The average molecular weight is 249 g/mol. The third-order valence-electron chi connectivity index (χ3n) is 3.01. The Labute approximate surface area is 107 Å². The predicted octanol–water partition coefficient (Wildman–Crippen LogP) is 0.610. The number of nitrogen functional groups attached to an aromatic ring is 1. The van der Waals surface area contributed by atoms with Gasteiger partial charge in [0, 0.05) is 24.5 Å². The number of carbonyl (C=O) groups excluding carboxylic acids is 1. The molecule has 1 aromatic rings. The zero-order chi connectivity index (χ0) is 13.0. The second-order valence-corrected chi connectivity index (χ2v) is 4.27. The number of amides is 1. The van der Waals surface area contributed by atoms with Crippen molar-refractivity contribution >= 4 is 17.3 Å². The fourth-order valence-electron chi connectivity index (χ4n) is 2.09. The molecule has 1 fully saturated rings. The number of nitrogens with zero attached hydrogens (tertiary/aromatic N) is 1. The van der Waals surface area contributed by atoms with E-state index in [1.807, 2.05) is 31.2 Å². The summed E-state index contributed by atoms with van der Waals surface area (Å²) < 4.78 is 5.40. The number of anilines is 2. The molecule has 5 nitrogen and oxygen atoms in total. The summed E-state index contributed by atoms with van der Waals surface area (Å²) >= 11 is 0. The lowest BCUT2D eigenvalue weighted by molar-refractivity contribution is -0.124. The van der Waals surface area contributed by atoms with Crippen LogP contribution in [0.3, 0.4) is 0 Å². The third-order valence-corrected chi connectivity index (χ3v) is 3.01. The van der Waals surface area contributed by atoms with Crippen LogP contribution >= 0.6 is 0 Å². The molecule has 2 rings (SSSR count). The van der Waals surface area contributed by atoms with E-state index in [4.69, 9.17) is 10.5 Å². The summed E-state index contributed by atoms with van der Waals surface area (Å²) in [6.45, 7) is 4.32. The van der Waals surface area contributed by atoms with Crippen molar-refractivity contribution in [1.82, 2.24) is 5.32 Å². The van der Waals surface area contributed by atoms with Crippen molar-refractivity contribution in [3.8, 4) is 0 Å². The van der Waals surface area contributed by atoms with Gasteiger partial charge in [0.15, 0.2) is 0 Å². The Hall–Kier alpha value is -1.75. The van der Waals surface area contributed by atoms with Crippen molar-refractivity contribution in [3.05, 3.63) is 24.3 Å². The number of benzene rings is 1. The second-order valence-electron chi connectivity index (χ2n) is 4.27. The predicted molar refractivity (Wildman–Crippen MR) is 71.5 cm³/mol. The number of likely N-dealkylation sites (N-methyl/N-ethyl adjacent to an activating group) is 1. The van der Waals surface area contributed by atoms with Crippen LogP contribution in [-0.2, 0) is 9.53 Å². The lowest BCUT2D eigenvalue weighted by Crippen LogP contribution is -2.54. The molecule has 0 radical (unpaired) electrons. The van der Waals surface area contributed by atoms with E-state index in [9.17, 15) is 4.79 Å². The highest BCUT2D eigenvalue weighted by molar-refractivity contribution is 5.85. The van der Waals surface area contributed by atoms with E-state index in [-0.39, 0.29) is 11.9 Å². The van der Waals surface area contributed by atoms with Gasteiger partial charge in [-0.05, 0) is 31.2 Å². The first-order valence-electron chi connectivity index (χ1n) is 6.20. The van der Waals surface area contributed by atoms with Gasteiger partial charge in [-0.15, -0.1) is 0 Å². The van der Waals surface area contributed by atoms with Crippen molar-refractivity contribution in [1.29, 1.82) is 0 Å². The first-order valence-corrected chi connectivity index (χ1v) is 6.20. The van der Waals surface area contributed by atoms with Gasteiger partial charge in [-0.1, -0.05) is 0 Å². The molecule has 5 heteroatoms. The van der Waals surface area contributed by atoms with Crippen molar-refractivity contribution in [3.63, 3.8) is 0 Å². The quantitative estimate of drug-likeness (QED) is 0.770. The Morgan fingerprint density at radius 3 is 2.89 bits per heavy atom. The van der Waals surface area contributed by atoms with Crippen molar-refractivity contribution in [2.24, 2.45) is 0 Å². The molecule has 1 atom stereocenters. The van der Waals surface area contributed by atoms with Crippen LogP contribution in [0, 0.1) is 0 Å². The summed E-state index contributed by atoms with van der Waals surface area (Å²) in [4.78, 5) is 14.1. The summed E-state index contributed by atoms with van der Waals surface area (Å²) in [5, 5.41) is 2.84. The van der Waals surface area contributed by atoms with Crippen LogP contribution in [0.25, 0.3) is 0 Å². The van der Waals surface area contributed by atoms with Crippen LogP contribution in [0.1, 0.15) is 6.92 Å². The molecule has 1 aliphatic heterocycles. The van der Waals surface area contributed by atoms with Gasteiger partial charge in [0.05, 0.1) is 13.2 Å². The molecule has 1 heterocycles. The molecule has 1 saturated heterocycles. The SMILES string of the molecule is CCNC(=O)C1COCCN1c1ccc(N)cc1. The Bertz CT molecular complexity index is 405. The van der Waals surface area contributed by atoms with Gasteiger partial charge in [-0.3, -0.25) is 4.79 Å². The van der Waals surface area contributed by atoms with Gasteiger partial charge in [-0.25, -0.2) is 0 Å². The normalized spacial score (nSPS) is 19.6. The van der Waals surface area contributed by atoms with E-state index in [0.29, 0.717) is 26.3 Å². The monoisotopic (exact) mass is 249 g/mol. The number of rotatable bonds is 3. The Morgan fingerprint density at radius 2 is 2.22 bits per heavy atom. The summed E-state index contributed by atoms with van der Waals surface area (Å²) in [6.07, 6.45) is 0. The largest absolute Gasteiger partial charge is 0.399 e. The van der Waals surface area contributed by atoms with Crippen LogP contribution in [0.2, 0.25) is 0 Å². The Balaban J connectivity index is 2.17. The van der Waals surface area contributed by atoms with Gasteiger partial charge >= 0.3 is 0 Å². The lowest BCUT2D eigenvalue weighted by Gasteiger charge is -2.36. The van der Waals surface area contributed by atoms with Crippen LogP contribution in [0.15, 0.2) is 24.3 Å². The minimum absolute atomic E-state index is 0.00836. The molecular formula is C13H19N3O2. The van der Waals surface area contributed by atoms with Crippen LogP contribution < -0.4 is 16.0 Å². The van der Waals surface area contributed by atoms with Crippen LogP contribution in [0.5, 0.6) is 0 Å². The number of hydrogen-bond acceptors (Lipinski definition) is 4. The third kappa shape index (κ3) is 2.73. The average Bonchev–Trinajstić information content (AvgIpc) is 2.40. The molecule has 1 unspecified atom stereocenters. The maximum Gasteiger partial charge on any atom is 0.245 e. The number of carbonyl (C=O) groups is 1. The molecule has 0 bridgehead atoms. The van der Waals surface area contributed by atoms with Gasteiger partial charge in [0.1, 0.15) is 6.04 Å². The van der Waals surface area contributed by atoms with E-state index in [1.165, 1.54) is 0 Å². The number of nitrogens with one attached hydrogen (secondary N) is 1. The van der Waals surface area contributed by atoms with Crippen molar-refractivity contribution in [2.75, 3.05) is 36.9 Å². The molecule has 1 aliphatic rings. The molecule has 0 spiro atoms. The van der Waals surface area contributed by atoms with Gasteiger partial charge in [0.25, 0.3) is 0 Å². The molecule has 0 aliphatic carbocycles. The fraction of sp³-hybridized carbons (Fsp3) is 0.462. The molecule has 1 amide bonds. The van der Waals surface area contributed by atoms with E-state index in [1.54, 1.807) is 0 Å². The van der Waals surface area contributed by atoms with Gasteiger partial charge in [-0.2, -0.15) is 0 Å². The van der Waals surface area contributed by atoms with E-state index < -0.39 is 0 Å². The van der Waals surface area contributed by atoms with Crippen molar-refractivity contribution < 1.29 is 9.53 Å².